The summed E-state index contributed by atoms with van der Waals surface area (Å²) in [6, 6.07) is 0. The van der Waals surface area contributed by atoms with Crippen LogP contribution < -0.4 is 0 Å². The summed E-state index contributed by atoms with van der Waals surface area (Å²) in [6.07, 6.45) is 0. The van der Waals surface area contributed by atoms with Crippen molar-refractivity contribution in [1.82, 2.24) is 0 Å². The minimum Gasteiger partial charge on any atom is -0.220 e. The zero-order valence-corrected chi connectivity index (χ0v) is 12.1. The summed E-state index contributed by atoms with van der Waals surface area (Å²) in [5, 5.41) is -14.2. The van der Waals surface area contributed by atoms with Crippen molar-refractivity contribution in [3.05, 3.63) is 0 Å². The van der Waals surface area contributed by atoms with Crippen molar-refractivity contribution in [2.45, 2.75) is 25.9 Å². The molecule has 0 aromatic heterocycles. The third-order valence-corrected chi connectivity index (χ3v) is 11.2. The van der Waals surface area contributed by atoms with E-state index in [2.05, 4.69) is 0 Å². The number of alkyl halides is 9. The summed E-state index contributed by atoms with van der Waals surface area (Å²) in [7, 11) is -23.4. The fourth-order valence-electron chi connectivity index (χ4n) is 1.38. The molecule has 1 aliphatic rings. The van der Waals surface area contributed by atoms with Gasteiger partial charge in [0.1, 0.15) is 0 Å². The zero-order valence-electron chi connectivity index (χ0n) is 9.65. The predicted molar refractivity (Wildman–Crippen MR) is 51.4 cm³/mol. The highest BCUT2D eigenvalue weighted by molar-refractivity contribution is 8.25. The Morgan fingerprint density at radius 3 is 1.22 bits per heavy atom. The van der Waals surface area contributed by atoms with Crippen LogP contribution in [0.4, 0.5) is 39.5 Å². The van der Waals surface area contributed by atoms with Crippen LogP contribution in [0.1, 0.15) is 0 Å². The van der Waals surface area contributed by atoms with E-state index in [1.54, 1.807) is 0 Å². The molecule has 138 valence electrons. The van der Waals surface area contributed by atoms with Gasteiger partial charge in [0, 0.05) is 0 Å². The van der Waals surface area contributed by atoms with Crippen LogP contribution >= 0.6 is 0 Å². The number of halogens is 9. The first kappa shape index (κ1) is 20.3. The second kappa shape index (κ2) is 4.44. The average molecular weight is 424 g/mol. The van der Waals surface area contributed by atoms with Crippen molar-refractivity contribution in [1.29, 1.82) is 0 Å². The minimum absolute atomic E-state index is 5.55. The van der Waals surface area contributed by atoms with E-state index in [4.69, 9.17) is 0 Å². The number of hydrogen-bond donors (Lipinski definition) is 0. The van der Waals surface area contributed by atoms with E-state index in [1.165, 1.54) is 0 Å². The van der Waals surface area contributed by atoms with E-state index >= 15 is 0 Å². The van der Waals surface area contributed by atoms with Crippen LogP contribution in [-0.4, -0.2) is 51.1 Å². The van der Waals surface area contributed by atoms with Gasteiger partial charge in [0.05, 0.1) is 0 Å². The van der Waals surface area contributed by atoms with Crippen molar-refractivity contribution >= 4 is 29.5 Å². The van der Waals surface area contributed by atoms with Crippen LogP contribution in [0.2, 0.25) is 0 Å². The molecule has 1 aliphatic heterocycles. The molecule has 1 fully saturated rings. The Kier molecular flexibility index (Phi) is 3.91. The lowest BCUT2D eigenvalue weighted by molar-refractivity contribution is -0.245. The minimum atomic E-state index is -7.79. The Labute approximate surface area is 121 Å². The van der Waals surface area contributed by atoms with Gasteiger partial charge >= 0.3 is 21.9 Å². The summed E-state index contributed by atoms with van der Waals surface area (Å²) in [5.41, 5.74) is -6.92. The summed E-state index contributed by atoms with van der Waals surface area (Å²) in [4.78, 5) is 0. The Balaban J connectivity index is 4.10. The Hall–Kier alpha value is -0.780. The topological polar surface area (TPSA) is 102 Å². The van der Waals surface area contributed by atoms with Crippen LogP contribution in [0.3, 0.4) is 0 Å². The lowest BCUT2D eigenvalue weighted by Gasteiger charge is -2.39. The van der Waals surface area contributed by atoms with E-state index in [0.717, 1.165) is 0 Å². The monoisotopic (exact) mass is 424 g/mol. The van der Waals surface area contributed by atoms with Gasteiger partial charge in [0.15, 0.2) is 0 Å². The number of hydrogen-bond acceptors (Lipinski definition) is 6. The Morgan fingerprint density at radius 2 is 1.00 bits per heavy atom. The summed E-state index contributed by atoms with van der Waals surface area (Å²) in [5.74, 6) is -7.21. The quantitative estimate of drug-likeness (QED) is 0.579. The van der Waals surface area contributed by atoms with Crippen molar-refractivity contribution in [3.63, 3.8) is 0 Å². The fourth-order valence-corrected chi connectivity index (χ4v) is 9.22. The van der Waals surface area contributed by atoms with Crippen molar-refractivity contribution in [3.8, 4) is 0 Å². The summed E-state index contributed by atoms with van der Waals surface area (Å²) >= 11 is 0. The third kappa shape index (κ3) is 2.02. The lowest BCUT2D eigenvalue weighted by atomic mass is 10.3. The van der Waals surface area contributed by atoms with Crippen LogP contribution in [0, 0.1) is 0 Å². The molecule has 1 saturated heterocycles. The molecule has 0 radical (unpaired) electrons. The van der Waals surface area contributed by atoms with Crippen molar-refractivity contribution in [2.24, 2.45) is 0 Å². The standard InChI is InChI=1S/C5HF9O6S3/c6-2(7)3(8,9)21(15,16)1(22(17,18)4(2,10)11)23(19,20)5(12,13)14/h1H. The van der Waals surface area contributed by atoms with E-state index in [-0.39, 0.29) is 0 Å². The normalized spacial score (nSPS) is 29.1. The lowest BCUT2D eigenvalue weighted by Crippen LogP contribution is -2.71. The molecule has 1 rings (SSSR count). The number of rotatable bonds is 1. The second-order valence-corrected chi connectivity index (χ2v) is 11.0. The molecule has 0 spiro atoms. The molecule has 0 unspecified atom stereocenters. The van der Waals surface area contributed by atoms with Crippen LogP contribution in [0.5, 0.6) is 0 Å². The fraction of sp³-hybridized carbons (Fsp3) is 1.00. The maximum absolute atomic E-state index is 13.1. The van der Waals surface area contributed by atoms with Gasteiger partial charge in [-0.25, -0.2) is 25.3 Å². The third-order valence-electron chi connectivity index (χ3n) is 2.53. The highest BCUT2D eigenvalue weighted by Gasteiger charge is 2.91. The van der Waals surface area contributed by atoms with Gasteiger partial charge in [-0.2, -0.15) is 39.5 Å². The molecule has 0 bridgehead atoms. The smallest absolute Gasteiger partial charge is 0.220 e. The van der Waals surface area contributed by atoms with Gasteiger partial charge in [-0.3, -0.25) is 0 Å². The molecule has 18 heteroatoms. The summed E-state index contributed by atoms with van der Waals surface area (Å²) < 4.78 is 175. The second-order valence-electron chi connectivity index (χ2n) is 3.98. The molecule has 0 saturated carbocycles. The molecular formula is C5HF9O6S3. The highest BCUT2D eigenvalue weighted by Crippen LogP contribution is 2.59. The molecule has 0 aromatic rings. The zero-order chi connectivity index (χ0) is 19.1. The molecular weight excluding hydrogens is 423 g/mol. The number of sulfone groups is 3. The Morgan fingerprint density at radius 1 is 0.739 bits per heavy atom. The van der Waals surface area contributed by atoms with Crippen molar-refractivity contribution < 1.29 is 64.8 Å². The largest absolute Gasteiger partial charge is 0.499 e. The molecule has 6 nitrogen and oxygen atoms in total. The maximum atomic E-state index is 13.1. The Bertz CT molecular complexity index is 785. The molecule has 0 atom stereocenters. The SMILES string of the molecule is O=S(=O)(C1S(=O)(=O)C(F)(F)C(F)(F)C(F)(F)S1(=O)=O)C(F)(F)F. The van der Waals surface area contributed by atoms with E-state index < -0.39 is 55.4 Å². The molecule has 23 heavy (non-hydrogen) atoms. The van der Waals surface area contributed by atoms with Gasteiger partial charge in [-0.1, -0.05) is 0 Å². The van der Waals surface area contributed by atoms with E-state index in [1.807, 2.05) is 0 Å². The van der Waals surface area contributed by atoms with Crippen molar-refractivity contribution in [2.75, 3.05) is 0 Å². The first-order chi connectivity index (χ1) is 9.62. The van der Waals surface area contributed by atoms with Gasteiger partial charge in [-0.05, 0) is 0 Å². The predicted octanol–water partition coefficient (Wildman–Crippen LogP) is 0.869. The van der Waals surface area contributed by atoms with E-state index in [9.17, 15) is 64.8 Å². The van der Waals surface area contributed by atoms with Gasteiger partial charge in [-0.15, -0.1) is 0 Å². The van der Waals surface area contributed by atoms with Gasteiger partial charge < -0.3 is 0 Å². The average Bonchev–Trinajstić information content (AvgIpc) is 2.23. The van der Waals surface area contributed by atoms with Crippen LogP contribution in [0.25, 0.3) is 0 Å². The van der Waals surface area contributed by atoms with Crippen LogP contribution in [0.15, 0.2) is 0 Å². The molecule has 1 heterocycles. The highest BCUT2D eigenvalue weighted by atomic mass is 32.3. The molecule has 0 aliphatic carbocycles. The van der Waals surface area contributed by atoms with Gasteiger partial charge in [0.2, 0.25) is 0 Å². The molecule has 0 aromatic carbocycles. The first-order valence-electron chi connectivity index (χ1n) is 4.52. The van der Waals surface area contributed by atoms with E-state index in [0.29, 0.717) is 0 Å². The molecule has 0 N–H and O–H groups in total. The van der Waals surface area contributed by atoms with Crippen LogP contribution in [-0.2, 0) is 29.5 Å². The maximum Gasteiger partial charge on any atom is 0.499 e. The first-order valence-corrected chi connectivity index (χ1v) is 9.16. The molecule has 0 amide bonds. The summed E-state index contributed by atoms with van der Waals surface area (Å²) in [6.45, 7) is 0. The van der Waals surface area contributed by atoms with Gasteiger partial charge in [0.25, 0.3) is 33.4 Å².